The van der Waals surface area contributed by atoms with Gasteiger partial charge in [-0.25, -0.2) is 0 Å². The molecule has 0 saturated carbocycles. The molecule has 0 bridgehead atoms. The predicted molar refractivity (Wildman–Crippen MR) is 86.0 cm³/mol. The Kier molecular flexibility index (Phi) is 5.31. The van der Waals surface area contributed by atoms with Gasteiger partial charge < -0.3 is 10.6 Å². The van der Waals surface area contributed by atoms with Gasteiger partial charge in [-0.05, 0) is 11.1 Å². The maximum atomic E-state index is 11.6. The van der Waals surface area contributed by atoms with Gasteiger partial charge in [-0.1, -0.05) is 60.7 Å². The molecular formula is C18H20N2O2. The molecule has 2 unspecified atom stereocenters. The first-order valence-electron chi connectivity index (χ1n) is 7.22. The number of nitrogens with one attached hydrogen (secondary N) is 2. The minimum Gasteiger partial charge on any atom is -0.347 e. The van der Waals surface area contributed by atoms with E-state index in [0.717, 1.165) is 11.1 Å². The maximum Gasteiger partial charge on any atom is 0.217 e. The normalized spacial score (nSPS) is 13.0. The first-order valence-corrected chi connectivity index (χ1v) is 7.22. The van der Waals surface area contributed by atoms with Crippen molar-refractivity contribution in [2.24, 2.45) is 0 Å². The van der Waals surface area contributed by atoms with Crippen LogP contribution in [0, 0.1) is 0 Å². The Hall–Kier alpha value is -2.62. The maximum absolute atomic E-state index is 11.6. The fourth-order valence-electron chi connectivity index (χ4n) is 2.48. The zero-order valence-corrected chi connectivity index (χ0v) is 12.7. The number of hydrogen-bond acceptors (Lipinski definition) is 2. The van der Waals surface area contributed by atoms with Crippen LogP contribution in [0.4, 0.5) is 0 Å². The Bertz CT molecular complexity index is 569. The molecule has 2 amide bonds. The van der Waals surface area contributed by atoms with Crippen molar-refractivity contribution in [3.8, 4) is 0 Å². The van der Waals surface area contributed by atoms with Crippen molar-refractivity contribution < 1.29 is 9.59 Å². The van der Waals surface area contributed by atoms with Gasteiger partial charge in [0.1, 0.15) is 0 Å². The molecule has 4 nitrogen and oxygen atoms in total. The Balaban J connectivity index is 2.43. The van der Waals surface area contributed by atoms with Gasteiger partial charge in [0.15, 0.2) is 0 Å². The van der Waals surface area contributed by atoms with Gasteiger partial charge in [0.2, 0.25) is 11.8 Å². The van der Waals surface area contributed by atoms with Crippen LogP contribution in [-0.2, 0) is 9.59 Å². The molecule has 0 saturated heterocycles. The van der Waals surface area contributed by atoms with Crippen molar-refractivity contribution in [2.45, 2.75) is 25.9 Å². The van der Waals surface area contributed by atoms with Crippen LogP contribution in [0.5, 0.6) is 0 Å². The summed E-state index contributed by atoms with van der Waals surface area (Å²) in [5, 5.41) is 5.89. The molecule has 2 N–H and O–H groups in total. The molecule has 0 fully saturated rings. The average molecular weight is 296 g/mol. The van der Waals surface area contributed by atoms with Gasteiger partial charge in [-0.3, -0.25) is 9.59 Å². The molecule has 2 aromatic carbocycles. The van der Waals surface area contributed by atoms with E-state index < -0.39 is 0 Å². The molecule has 2 rings (SSSR count). The van der Waals surface area contributed by atoms with E-state index in [1.165, 1.54) is 13.8 Å². The lowest BCUT2D eigenvalue weighted by molar-refractivity contribution is -0.122. The summed E-state index contributed by atoms with van der Waals surface area (Å²) in [6.45, 7) is 2.96. The summed E-state index contributed by atoms with van der Waals surface area (Å²) in [7, 11) is 0. The summed E-state index contributed by atoms with van der Waals surface area (Å²) < 4.78 is 0. The lowest BCUT2D eigenvalue weighted by Gasteiger charge is -2.29. The van der Waals surface area contributed by atoms with Crippen molar-refractivity contribution >= 4 is 11.8 Å². The van der Waals surface area contributed by atoms with Crippen LogP contribution in [0.3, 0.4) is 0 Å². The smallest absolute Gasteiger partial charge is 0.217 e. The Morgan fingerprint density at radius 2 is 1.00 bits per heavy atom. The molecule has 2 atom stereocenters. The van der Waals surface area contributed by atoms with Gasteiger partial charge in [0.25, 0.3) is 0 Å². The highest BCUT2D eigenvalue weighted by Crippen LogP contribution is 2.28. The molecule has 2 aromatic rings. The van der Waals surface area contributed by atoms with Crippen LogP contribution in [-0.4, -0.2) is 11.8 Å². The second kappa shape index (κ2) is 7.41. The van der Waals surface area contributed by atoms with Crippen LogP contribution < -0.4 is 10.6 Å². The van der Waals surface area contributed by atoms with E-state index in [1.807, 2.05) is 60.7 Å². The van der Waals surface area contributed by atoms with Crippen molar-refractivity contribution in [1.29, 1.82) is 0 Å². The Morgan fingerprint density at radius 3 is 1.27 bits per heavy atom. The largest absolute Gasteiger partial charge is 0.347 e. The number of rotatable bonds is 5. The minimum absolute atomic E-state index is 0.139. The predicted octanol–water partition coefficient (Wildman–Crippen LogP) is 2.74. The van der Waals surface area contributed by atoms with E-state index in [9.17, 15) is 9.59 Å². The van der Waals surface area contributed by atoms with Gasteiger partial charge in [-0.2, -0.15) is 0 Å². The molecule has 0 spiro atoms. The van der Waals surface area contributed by atoms with E-state index in [0.29, 0.717) is 0 Å². The van der Waals surface area contributed by atoms with Gasteiger partial charge in [-0.15, -0.1) is 0 Å². The van der Waals surface area contributed by atoms with E-state index >= 15 is 0 Å². The third-order valence-electron chi connectivity index (χ3n) is 3.37. The quantitative estimate of drug-likeness (QED) is 0.891. The van der Waals surface area contributed by atoms with Crippen molar-refractivity contribution in [3.63, 3.8) is 0 Å². The van der Waals surface area contributed by atoms with Crippen LogP contribution >= 0.6 is 0 Å². The van der Waals surface area contributed by atoms with E-state index in [4.69, 9.17) is 0 Å². The molecule has 0 radical (unpaired) electrons. The Labute approximate surface area is 130 Å². The lowest BCUT2D eigenvalue weighted by Crippen LogP contribution is -2.39. The van der Waals surface area contributed by atoms with Crippen molar-refractivity contribution in [1.82, 2.24) is 10.6 Å². The van der Waals surface area contributed by atoms with Crippen molar-refractivity contribution in [2.75, 3.05) is 0 Å². The summed E-state index contributed by atoms with van der Waals surface area (Å²) in [4.78, 5) is 23.3. The standard InChI is InChI=1S/C18H20N2O2/c1-13(21)19-17(15-9-5-3-6-10-15)18(20-14(2)22)16-11-7-4-8-12-16/h3-12,17-18H,1-2H3,(H,19,21)(H,20,22). The van der Waals surface area contributed by atoms with E-state index in [-0.39, 0.29) is 23.9 Å². The Morgan fingerprint density at radius 1 is 0.682 bits per heavy atom. The number of benzene rings is 2. The third kappa shape index (κ3) is 4.19. The van der Waals surface area contributed by atoms with Crippen LogP contribution in [0.2, 0.25) is 0 Å². The summed E-state index contributed by atoms with van der Waals surface area (Å²) in [5.74, 6) is -0.278. The molecule has 114 valence electrons. The highest BCUT2D eigenvalue weighted by molar-refractivity contribution is 5.75. The van der Waals surface area contributed by atoms with Crippen LogP contribution in [0.25, 0.3) is 0 Å². The topological polar surface area (TPSA) is 58.2 Å². The van der Waals surface area contributed by atoms with E-state index in [1.54, 1.807) is 0 Å². The highest BCUT2D eigenvalue weighted by atomic mass is 16.2. The molecule has 0 aromatic heterocycles. The van der Waals surface area contributed by atoms with Crippen molar-refractivity contribution in [3.05, 3.63) is 71.8 Å². The summed E-state index contributed by atoms with van der Waals surface area (Å²) in [5.41, 5.74) is 1.89. The van der Waals surface area contributed by atoms with Gasteiger partial charge in [0.05, 0.1) is 12.1 Å². The lowest BCUT2D eigenvalue weighted by atomic mass is 9.93. The minimum atomic E-state index is -0.329. The second-order valence-electron chi connectivity index (χ2n) is 5.18. The van der Waals surface area contributed by atoms with Crippen LogP contribution in [0.1, 0.15) is 37.1 Å². The molecular weight excluding hydrogens is 276 g/mol. The first-order chi connectivity index (χ1) is 10.6. The monoisotopic (exact) mass is 296 g/mol. The fraction of sp³-hybridized carbons (Fsp3) is 0.222. The molecule has 0 aliphatic carbocycles. The first kappa shape index (κ1) is 15.8. The number of amides is 2. The summed E-state index contributed by atoms with van der Waals surface area (Å²) in [6, 6.07) is 18.6. The third-order valence-corrected chi connectivity index (χ3v) is 3.37. The molecule has 0 heterocycles. The second-order valence-corrected chi connectivity index (χ2v) is 5.18. The highest BCUT2D eigenvalue weighted by Gasteiger charge is 2.26. The zero-order chi connectivity index (χ0) is 15.9. The summed E-state index contributed by atoms with van der Waals surface area (Å²) in [6.07, 6.45) is 0. The molecule has 22 heavy (non-hydrogen) atoms. The summed E-state index contributed by atoms with van der Waals surface area (Å²) >= 11 is 0. The van der Waals surface area contributed by atoms with Gasteiger partial charge >= 0.3 is 0 Å². The van der Waals surface area contributed by atoms with E-state index in [2.05, 4.69) is 10.6 Å². The number of carbonyl (C=O) groups excluding carboxylic acids is 2. The number of carbonyl (C=O) groups is 2. The van der Waals surface area contributed by atoms with Gasteiger partial charge in [0, 0.05) is 13.8 Å². The van der Waals surface area contributed by atoms with Crippen LogP contribution in [0.15, 0.2) is 60.7 Å². The molecule has 0 aliphatic rings. The zero-order valence-electron chi connectivity index (χ0n) is 12.7. The number of hydrogen-bond donors (Lipinski definition) is 2. The molecule has 0 aliphatic heterocycles. The fourth-order valence-corrected chi connectivity index (χ4v) is 2.48. The molecule has 4 heteroatoms. The average Bonchev–Trinajstić information content (AvgIpc) is 2.52. The SMILES string of the molecule is CC(=O)NC(c1ccccc1)C(NC(C)=O)c1ccccc1.